The van der Waals surface area contributed by atoms with Crippen molar-refractivity contribution < 1.29 is 9.59 Å². The number of carbonyl (C=O) groups excluding carboxylic acids is 2. The Morgan fingerprint density at radius 1 is 1.06 bits per heavy atom. The average molecular weight is 441 g/mol. The first-order chi connectivity index (χ1) is 15.5. The van der Waals surface area contributed by atoms with Crippen molar-refractivity contribution in [3.63, 3.8) is 0 Å². The van der Waals surface area contributed by atoms with Gasteiger partial charge in [-0.1, -0.05) is 0 Å². The normalized spacial score (nSPS) is 26.2. The van der Waals surface area contributed by atoms with Gasteiger partial charge < -0.3 is 10.2 Å². The molecule has 1 aromatic carbocycles. The van der Waals surface area contributed by atoms with E-state index < -0.39 is 11.9 Å². The lowest BCUT2D eigenvalue weighted by Gasteiger charge is -2.42. The van der Waals surface area contributed by atoms with Crippen LogP contribution in [0.25, 0.3) is 11.0 Å². The van der Waals surface area contributed by atoms with Gasteiger partial charge in [-0.05, 0) is 57.5 Å². The summed E-state index contributed by atoms with van der Waals surface area (Å²) in [6, 6.07) is 6.62. The van der Waals surface area contributed by atoms with Crippen LogP contribution in [0.15, 0.2) is 23.0 Å². The van der Waals surface area contributed by atoms with E-state index in [1.807, 2.05) is 13.1 Å². The molecule has 2 N–H and O–H groups in total. The average Bonchev–Trinajstić information content (AvgIpc) is 3.16. The number of carbonyl (C=O) groups is 2. The Hall–Kier alpha value is -2.65. The van der Waals surface area contributed by atoms with Crippen LogP contribution in [0.1, 0.15) is 38.1 Å². The van der Waals surface area contributed by atoms with Gasteiger partial charge in [0.05, 0.1) is 11.0 Å². The Kier molecular flexibility index (Phi) is 5.54. The number of nitrogens with one attached hydrogen (secondary N) is 2. The number of rotatable bonds is 6. The van der Waals surface area contributed by atoms with Crippen molar-refractivity contribution >= 4 is 28.5 Å². The molecule has 3 aliphatic rings. The number of imidazole rings is 1. The number of nitrogens with zero attached hydrogens (tertiary/aromatic N) is 4. The van der Waals surface area contributed by atoms with Crippen LogP contribution in [-0.4, -0.2) is 71.2 Å². The van der Waals surface area contributed by atoms with Gasteiger partial charge in [0.2, 0.25) is 11.8 Å². The third-order valence-electron chi connectivity index (χ3n) is 7.44. The molecule has 5 rings (SSSR count). The number of piperidine rings is 1. The maximum Gasteiger partial charge on any atom is 0.329 e. The van der Waals surface area contributed by atoms with Crippen LogP contribution in [0.5, 0.6) is 0 Å². The van der Waals surface area contributed by atoms with Crippen LogP contribution in [-0.2, 0) is 16.6 Å². The zero-order valence-corrected chi connectivity index (χ0v) is 18.8. The van der Waals surface area contributed by atoms with Crippen LogP contribution in [0.2, 0.25) is 0 Å². The monoisotopic (exact) mass is 440 g/mol. The van der Waals surface area contributed by atoms with Crippen LogP contribution in [0.3, 0.4) is 0 Å². The number of anilines is 1. The van der Waals surface area contributed by atoms with Gasteiger partial charge in [0.1, 0.15) is 6.04 Å². The van der Waals surface area contributed by atoms with Crippen LogP contribution in [0.4, 0.5) is 5.69 Å². The minimum absolute atomic E-state index is 0.221. The molecular formula is C23H32N6O3. The minimum atomic E-state index is -0.647. The second-order valence-electron chi connectivity index (χ2n) is 9.34. The molecule has 3 aliphatic heterocycles. The Bertz CT molecular complexity index is 1090. The number of hydrogen-bond donors (Lipinski definition) is 2. The molecule has 3 unspecified atom stereocenters. The molecule has 9 heteroatoms. The number of imide groups is 1. The van der Waals surface area contributed by atoms with Crippen LogP contribution in [0, 0.1) is 0 Å². The Labute approximate surface area is 187 Å². The van der Waals surface area contributed by atoms with Crippen LogP contribution < -0.4 is 21.2 Å². The SMILES string of the molecule is CNCCCN1C2CCC1CN(c1ccc3c(c1)n(C)c(=O)n3C1CCC(=O)NC1=O)C2. The van der Waals surface area contributed by atoms with Crippen molar-refractivity contribution in [2.24, 2.45) is 7.05 Å². The zero-order valence-electron chi connectivity index (χ0n) is 18.8. The molecule has 0 radical (unpaired) electrons. The van der Waals surface area contributed by atoms with E-state index in [9.17, 15) is 14.4 Å². The molecule has 0 spiro atoms. The first-order valence-corrected chi connectivity index (χ1v) is 11.7. The number of aryl methyl sites for hydroxylation is 1. The number of amides is 2. The number of aromatic nitrogens is 2. The highest BCUT2D eigenvalue weighted by molar-refractivity contribution is 6.00. The fourth-order valence-electron chi connectivity index (χ4n) is 5.78. The maximum absolute atomic E-state index is 13.0. The number of fused-ring (bicyclic) bond motifs is 3. The molecule has 4 heterocycles. The molecule has 2 aromatic rings. The summed E-state index contributed by atoms with van der Waals surface area (Å²) in [5.41, 5.74) is 2.46. The molecule has 0 saturated carbocycles. The lowest BCUT2D eigenvalue weighted by atomic mass is 10.1. The summed E-state index contributed by atoms with van der Waals surface area (Å²) in [6.45, 7) is 4.20. The molecule has 2 amide bonds. The van der Waals surface area contributed by atoms with Gasteiger partial charge in [-0.25, -0.2) is 4.79 Å². The fourth-order valence-corrected chi connectivity index (χ4v) is 5.78. The van der Waals surface area contributed by atoms with Crippen molar-refractivity contribution in [1.82, 2.24) is 24.7 Å². The molecular weight excluding hydrogens is 408 g/mol. The Balaban J connectivity index is 1.41. The summed E-state index contributed by atoms with van der Waals surface area (Å²) < 4.78 is 3.16. The molecule has 3 fully saturated rings. The van der Waals surface area contributed by atoms with Gasteiger partial charge in [0.25, 0.3) is 0 Å². The topological polar surface area (TPSA) is 91.6 Å². The van der Waals surface area contributed by atoms with Gasteiger partial charge in [-0.15, -0.1) is 0 Å². The third-order valence-corrected chi connectivity index (χ3v) is 7.44. The second-order valence-corrected chi connectivity index (χ2v) is 9.34. The number of hydrogen-bond acceptors (Lipinski definition) is 6. The maximum atomic E-state index is 13.0. The molecule has 3 atom stereocenters. The van der Waals surface area contributed by atoms with Crippen molar-refractivity contribution in [2.45, 2.75) is 50.2 Å². The van der Waals surface area contributed by atoms with E-state index in [1.165, 1.54) is 19.3 Å². The van der Waals surface area contributed by atoms with E-state index in [4.69, 9.17) is 0 Å². The van der Waals surface area contributed by atoms with Crippen molar-refractivity contribution in [3.8, 4) is 0 Å². The first-order valence-electron chi connectivity index (χ1n) is 11.7. The smallest absolute Gasteiger partial charge is 0.329 e. The summed E-state index contributed by atoms with van der Waals surface area (Å²) in [5, 5.41) is 5.61. The lowest BCUT2D eigenvalue weighted by molar-refractivity contribution is -0.135. The molecule has 2 bridgehead atoms. The number of piperazine rings is 1. The van der Waals surface area contributed by atoms with Gasteiger partial charge in [-0.2, -0.15) is 0 Å². The van der Waals surface area contributed by atoms with Gasteiger partial charge >= 0.3 is 5.69 Å². The van der Waals surface area contributed by atoms with Gasteiger partial charge in [0, 0.05) is 50.9 Å². The van der Waals surface area contributed by atoms with Gasteiger partial charge in [-0.3, -0.25) is 28.9 Å². The zero-order chi connectivity index (χ0) is 22.4. The van der Waals surface area contributed by atoms with Crippen molar-refractivity contribution in [2.75, 3.05) is 38.1 Å². The predicted molar refractivity (Wildman–Crippen MR) is 123 cm³/mol. The first kappa shape index (κ1) is 21.2. The highest BCUT2D eigenvalue weighted by Crippen LogP contribution is 2.34. The third kappa shape index (κ3) is 3.53. The molecule has 172 valence electrons. The van der Waals surface area contributed by atoms with E-state index >= 15 is 0 Å². The van der Waals surface area contributed by atoms with E-state index in [-0.39, 0.29) is 18.0 Å². The van der Waals surface area contributed by atoms with E-state index in [0.717, 1.165) is 42.9 Å². The highest BCUT2D eigenvalue weighted by Gasteiger charge is 2.39. The Morgan fingerprint density at radius 2 is 1.81 bits per heavy atom. The fraction of sp³-hybridized carbons (Fsp3) is 0.609. The number of benzene rings is 1. The highest BCUT2D eigenvalue weighted by atomic mass is 16.2. The molecule has 32 heavy (non-hydrogen) atoms. The molecule has 9 nitrogen and oxygen atoms in total. The van der Waals surface area contributed by atoms with E-state index in [0.29, 0.717) is 18.5 Å². The molecule has 1 aromatic heterocycles. The quantitative estimate of drug-likeness (QED) is 0.504. The largest absolute Gasteiger partial charge is 0.368 e. The van der Waals surface area contributed by atoms with Crippen LogP contribution >= 0.6 is 0 Å². The summed E-state index contributed by atoms with van der Waals surface area (Å²) in [5.74, 6) is -0.674. The summed E-state index contributed by atoms with van der Waals surface area (Å²) in [7, 11) is 3.75. The van der Waals surface area contributed by atoms with Crippen molar-refractivity contribution in [3.05, 3.63) is 28.7 Å². The van der Waals surface area contributed by atoms with E-state index in [2.05, 4.69) is 32.6 Å². The standard InChI is InChI=1S/C23H32N6O3/c1-24-10-3-11-28-16-4-5-17(28)14-27(13-16)15-6-7-18-20(12-15)26(2)23(32)29(18)19-8-9-21(30)25-22(19)31/h6-7,12,16-17,19,24H,3-5,8-11,13-14H2,1-2H3,(H,25,30,31). The molecule has 0 aliphatic carbocycles. The summed E-state index contributed by atoms with van der Waals surface area (Å²) in [6.07, 6.45) is 4.26. The van der Waals surface area contributed by atoms with E-state index in [1.54, 1.807) is 16.2 Å². The summed E-state index contributed by atoms with van der Waals surface area (Å²) >= 11 is 0. The Morgan fingerprint density at radius 3 is 2.50 bits per heavy atom. The molecule has 3 saturated heterocycles. The van der Waals surface area contributed by atoms with Gasteiger partial charge in [0.15, 0.2) is 0 Å². The second kappa shape index (κ2) is 8.37. The minimum Gasteiger partial charge on any atom is -0.368 e. The van der Waals surface area contributed by atoms with Crippen molar-refractivity contribution in [1.29, 1.82) is 0 Å². The summed E-state index contributed by atoms with van der Waals surface area (Å²) in [4.78, 5) is 42.1. The predicted octanol–water partition coefficient (Wildman–Crippen LogP) is 0.580. The lowest BCUT2D eigenvalue weighted by Crippen LogP contribution is -2.54.